The molecule has 0 atom stereocenters. The monoisotopic (exact) mass is 434 g/mol. The van der Waals surface area contributed by atoms with Crippen molar-refractivity contribution in [3.63, 3.8) is 0 Å². The van der Waals surface area contributed by atoms with Gasteiger partial charge in [-0.2, -0.15) is 18.3 Å². The second-order valence-electron chi connectivity index (χ2n) is 6.25. The van der Waals surface area contributed by atoms with Gasteiger partial charge in [0.05, 0.1) is 10.7 Å². The van der Waals surface area contributed by atoms with E-state index in [-0.39, 0.29) is 24.0 Å². The Morgan fingerprint density at radius 3 is 2.14 bits per heavy atom. The molecule has 0 N–H and O–H groups in total. The van der Waals surface area contributed by atoms with E-state index < -0.39 is 16.9 Å². The highest BCUT2D eigenvalue weighted by atomic mass is 35.5. The molecule has 29 heavy (non-hydrogen) atoms. The van der Waals surface area contributed by atoms with Crippen LogP contribution >= 0.6 is 11.6 Å². The van der Waals surface area contributed by atoms with Gasteiger partial charge in [-0.3, -0.25) is 9.48 Å². The fraction of sp³-hybridized carbons (Fsp3) is 0.474. The van der Waals surface area contributed by atoms with Crippen molar-refractivity contribution in [2.45, 2.75) is 33.5 Å². The molecule has 160 valence electrons. The summed E-state index contributed by atoms with van der Waals surface area (Å²) >= 11 is 5.70. The second-order valence-corrected chi connectivity index (χ2v) is 6.63. The summed E-state index contributed by atoms with van der Waals surface area (Å²) in [6, 6.07) is 6.08. The number of piperazine rings is 1. The average molecular weight is 435 g/mol. The minimum atomic E-state index is -4.67. The summed E-state index contributed by atoms with van der Waals surface area (Å²) in [5, 5.41) is 2.96. The van der Waals surface area contributed by atoms with E-state index in [0.29, 0.717) is 26.2 Å². The summed E-state index contributed by atoms with van der Waals surface area (Å²) in [7, 11) is 0. The van der Waals surface area contributed by atoms with Gasteiger partial charge in [0.25, 0.3) is 0 Å². The van der Waals surface area contributed by atoms with E-state index in [0.717, 1.165) is 10.4 Å². The number of benzene rings is 1. The first-order chi connectivity index (χ1) is 13.7. The van der Waals surface area contributed by atoms with Gasteiger partial charge in [0, 0.05) is 31.9 Å². The van der Waals surface area contributed by atoms with E-state index >= 15 is 0 Å². The molecule has 1 aliphatic rings. The maximum Gasteiger partial charge on any atom is 0.436 e. The van der Waals surface area contributed by atoms with Crippen LogP contribution in [-0.4, -0.2) is 46.8 Å². The molecule has 1 saturated heterocycles. The molecule has 0 spiro atoms. The number of amides is 1. The number of nitrogens with zero attached hydrogens (tertiary/aromatic N) is 4. The summed E-state index contributed by atoms with van der Waals surface area (Å²) in [4.78, 5) is 16.0. The number of halogens is 5. The lowest BCUT2D eigenvalue weighted by Gasteiger charge is -2.36. The number of rotatable bonds is 3. The van der Waals surface area contributed by atoms with Crippen LogP contribution in [0.4, 0.5) is 23.2 Å². The van der Waals surface area contributed by atoms with Crippen LogP contribution in [0.1, 0.15) is 25.2 Å². The standard InChI is InChI=1S/C17H17ClF4N4O.C2H6/c1-11-15(18)16(17(20,21)22)23-26(11)10-14(27)25-8-6-24(7-9-25)13-4-2-12(19)3-5-13;1-2/h2-5H,6-10H2,1H3;1-2H3. The Morgan fingerprint density at radius 1 is 1.10 bits per heavy atom. The van der Waals surface area contributed by atoms with Crippen LogP contribution in [0.15, 0.2) is 24.3 Å². The molecule has 0 saturated carbocycles. The van der Waals surface area contributed by atoms with Gasteiger partial charge in [0.1, 0.15) is 12.4 Å². The maximum atomic E-state index is 13.0. The molecule has 1 fully saturated rings. The smallest absolute Gasteiger partial charge is 0.368 e. The van der Waals surface area contributed by atoms with E-state index in [2.05, 4.69) is 5.10 Å². The number of hydrogen-bond donors (Lipinski definition) is 0. The van der Waals surface area contributed by atoms with Crippen LogP contribution in [0, 0.1) is 12.7 Å². The highest BCUT2D eigenvalue weighted by Gasteiger charge is 2.38. The number of carbonyl (C=O) groups is 1. The third kappa shape index (κ3) is 5.41. The number of hydrogen-bond acceptors (Lipinski definition) is 3. The Bertz CT molecular complexity index is 828. The molecule has 3 rings (SSSR count). The van der Waals surface area contributed by atoms with Gasteiger partial charge >= 0.3 is 6.18 Å². The average Bonchev–Trinajstić information content (AvgIpc) is 2.99. The Labute approximate surface area is 171 Å². The molecule has 5 nitrogen and oxygen atoms in total. The largest absolute Gasteiger partial charge is 0.436 e. The minimum absolute atomic E-state index is 0.0993. The van der Waals surface area contributed by atoms with Gasteiger partial charge in [-0.25, -0.2) is 4.39 Å². The first-order valence-electron chi connectivity index (χ1n) is 9.25. The molecular formula is C19H23ClF4N4O. The van der Waals surface area contributed by atoms with Crippen LogP contribution in [0.3, 0.4) is 0 Å². The molecule has 1 aromatic heterocycles. The highest BCUT2D eigenvalue weighted by Crippen LogP contribution is 2.35. The third-order valence-corrected chi connectivity index (χ3v) is 4.96. The zero-order valence-electron chi connectivity index (χ0n) is 16.4. The Balaban J connectivity index is 0.00000145. The molecule has 1 aliphatic heterocycles. The number of carbonyl (C=O) groups excluding carboxylic acids is 1. The quantitative estimate of drug-likeness (QED) is 0.673. The molecule has 2 aromatic rings. The van der Waals surface area contributed by atoms with Crippen LogP contribution in [-0.2, 0) is 17.5 Å². The van der Waals surface area contributed by atoms with E-state index in [1.807, 2.05) is 18.7 Å². The predicted octanol–water partition coefficient (Wildman–Crippen LogP) is 4.38. The second kappa shape index (κ2) is 9.47. The Morgan fingerprint density at radius 2 is 1.66 bits per heavy atom. The molecule has 2 heterocycles. The van der Waals surface area contributed by atoms with Crippen LogP contribution in [0.25, 0.3) is 0 Å². The topological polar surface area (TPSA) is 41.4 Å². The summed E-state index contributed by atoms with van der Waals surface area (Å²) in [5.41, 5.74) is -0.231. The van der Waals surface area contributed by atoms with Gasteiger partial charge in [-0.1, -0.05) is 25.4 Å². The van der Waals surface area contributed by atoms with Crippen molar-refractivity contribution in [3.05, 3.63) is 46.5 Å². The lowest BCUT2D eigenvalue weighted by atomic mass is 10.2. The van der Waals surface area contributed by atoms with Crippen molar-refractivity contribution in [3.8, 4) is 0 Å². The molecule has 0 bridgehead atoms. The van der Waals surface area contributed by atoms with Gasteiger partial charge < -0.3 is 9.80 Å². The zero-order chi connectivity index (χ0) is 21.8. The molecule has 0 radical (unpaired) electrons. The summed E-state index contributed by atoms with van der Waals surface area (Å²) in [6.07, 6.45) is -4.67. The van der Waals surface area contributed by atoms with Crippen LogP contribution in [0.2, 0.25) is 5.02 Å². The fourth-order valence-electron chi connectivity index (χ4n) is 2.95. The van der Waals surface area contributed by atoms with Crippen molar-refractivity contribution in [1.29, 1.82) is 0 Å². The van der Waals surface area contributed by atoms with Gasteiger partial charge in [0.2, 0.25) is 5.91 Å². The van der Waals surface area contributed by atoms with Crippen molar-refractivity contribution in [2.24, 2.45) is 0 Å². The van der Waals surface area contributed by atoms with E-state index in [9.17, 15) is 22.4 Å². The number of anilines is 1. The molecule has 0 unspecified atom stereocenters. The van der Waals surface area contributed by atoms with Gasteiger partial charge in [0.15, 0.2) is 5.69 Å². The van der Waals surface area contributed by atoms with Crippen LogP contribution < -0.4 is 4.90 Å². The maximum absolute atomic E-state index is 13.0. The summed E-state index contributed by atoms with van der Waals surface area (Å²) < 4.78 is 52.6. The Kier molecular flexibility index (Phi) is 7.51. The fourth-order valence-corrected chi connectivity index (χ4v) is 3.20. The lowest BCUT2D eigenvalue weighted by Crippen LogP contribution is -2.49. The van der Waals surface area contributed by atoms with E-state index in [1.54, 1.807) is 17.0 Å². The normalized spacial score (nSPS) is 14.5. The van der Waals surface area contributed by atoms with Crippen LogP contribution in [0.5, 0.6) is 0 Å². The summed E-state index contributed by atoms with van der Waals surface area (Å²) in [6.45, 7) is 7.00. The number of alkyl halides is 3. The van der Waals surface area contributed by atoms with E-state index in [1.165, 1.54) is 19.1 Å². The minimum Gasteiger partial charge on any atom is -0.368 e. The molecule has 1 amide bonds. The molecule has 1 aromatic carbocycles. The van der Waals surface area contributed by atoms with Gasteiger partial charge in [-0.05, 0) is 31.2 Å². The van der Waals surface area contributed by atoms with Crippen molar-refractivity contribution < 1.29 is 22.4 Å². The molecular weight excluding hydrogens is 412 g/mol. The number of aromatic nitrogens is 2. The zero-order valence-corrected chi connectivity index (χ0v) is 17.2. The first-order valence-corrected chi connectivity index (χ1v) is 9.63. The van der Waals surface area contributed by atoms with Crippen molar-refractivity contribution in [2.75, 3.05) is 31.1 Å². The molecule has 10 heteroatoms. The van der Waals surface area contributed by atoms with Gasteiger partial charge in [-0.15, -0.1) is 0 Å². The Hall–Kier alpha value is -2.29. The lowest BCUT2D eigenvalue weighted by molar-refractivity contribution is -0.142. The van der Waals surface area contributed by atoms with Crippen molar-refractivity contribution in [1.82, 2.24) is 14.7 Å². The molecule has 0 aliphatic carbocycles. The highest BCUT2D eigenvalue weighted by molar-refractivity contribution is 6.32. The predicted molar refractivity (Wildman–Crippen MR) is 104 cm³/mol. The van der Waals surface area contributed by atoms with Crippen molar-refractivity contribution >= 4 is 23.2 Å². The van der Waals surface area contributed by atoms with E-state index in [4.69, 9.17) is 11.6 Å². The summed E-state index contributed by atoms with van der Waals surface area (Å²) in [5.74, 6) is -0.649. The first kappa shape index (κ1) is 23.0. The SMILES string of the molecule is CC.Cc1c(Cl)c(C(F)(F)F)nn1CC(=O)N1CCN(c2ccc(F)cc2)CC1. The third-order valence-electron chi connectivity index (χ3n) is 4.51.